The van der Waals surface area contributed by atoms with E-state index in [1.807, 2.05) is 6.07 Å². The average Bonchev–Trinajstić information content (AvgIpc) is 2.35. The quantitative estimate of drug-likeness (QED) is 0.701. The largest absolute Gasteiger partial charge is 0.497 e. The molecule has 0 amide bonds. The molecule has 0 saturated carbocycles. The normalized spacial score (nSPS) is 13.8. The fourth-order valence-electron chi connectivity index (χ4n) is 2.27. The van der Waals surface area contributed by atoms with E-state index in [-0.39, 0.29) is 0 Å². The second kappa shape index (κ2) is 3.67. The zero-order chi connectivity index (χ0) is 11.0. The number of benzene rings is 2. The predicted octanol–water partition coefficient (Wildman–Crippen LogP) is 2.20. The molecule has 1 heteroatoms. The lowest BCUT2D eigenvalue weighted by Crippen LogP contribution is -2.26. The molecule has 0 aromatic heterocycles. The van der Waals surface area contributed by atoms with Crippen LogP contribution in [0.15, 0.2) is 30.3 Å². The minimum atomic E-state index is 0.923. The molecule has 0 aliphatic heterocycles. The summed E-state index contributed by atoms with van der Waals surface area (Å²) in [6, 6.07) is 10.7. The first-order valence-electron chi connectivity index (χ1n) is 5.65. The summed E-state index contributed by atoms with van der Waals surface area (Å²) in [6.45, 7) is 0. The van der Waals surface area contributed by atoms with Gasteiger partial charge < -0.3 is 4.74 Å². The molecule has 2 aromatic carbocycles. The van der Waals surface area contributed by atoms with E-state index in [2.05, 4.69) is 36.4 Å². The van der Waals surface area contributed by atoms with E-state index in [4.69, 9.17) is 4.74 Å². The number of hydrogen-bond donors (Lipinski definition) is 0. The summed E-state index contributed by atoms with van der Waals surface area (Å²) in [5, 5.41) is 5.26. The zero-order valence-electron chi connectivity index (χ0n) is 9.36. The summed E-state index contributed by atoms with van der Waals surface area (Å²) in [5.41, 5.74) is 0. The van der Waals surface area contributed by atoms with Gasteiger partial charge in [-0.1, -0.05) is 18.2 Å². The minimum Gasteiger partial charge on any atom is -0.497 e. The van der Waals surface area contributed by atoms with Gasteiger partial charge in [0.1, 0.15) is 5.75 Å². The van der Waals surface area contributed by atoms with E-state index < -0.39 is 0 Å². The van der Waals surface area contributed by atoms with E-state index in [1.54, 1.807) is 7.11 Å². The fraction of sp³-hybridized carbons (Fsp3) is 0.200. The summed E-state index contributed by atoms with van der Waals surface area (Å²) < 4.78 is 5.25. The van der Waals surface area contributed by atoms with Gasteiger partial charge in [-0.05, 0) is 58.3 Å². The van der Waals surface area contributed by atoms with E-state index >= 15 is 0 Å². The highest BCUT2D eigenvalue weighted by Crippen LogP contribution is 2.18. The number of rotatable bonds is 1. The lowest BCUT2D eigenvalue weighted by molar-refractivity contribution is 0.415. The van der Waals surface area contributed by atoms with Crippen molar-refractivity contribution in [2.75, 3.05) is 7.11 Å². The first kappa shape index (κ1) is 9.46. The molecule has 0 N–H and O–H groups in total. The predicted molar refractivity (Wildman–Crippen MR) is 67.9 cm³/mol. The molecule has 0 unspecified atom stereocenters. The van der Waals surface area contributed by atoms with Gasteiger partial charge in [0.05, 0.1) is 7.11 Å². The second-order valence-electron chi connectivity index (χ2n) is 4.18. The van der Waals surface area contributed by atoms with Crippen LogP contribution in [0.1, 0.15) is 12.8 Å². The Kier molecular flexibility index (Phi) is 2.17. The van der Waals surface area contributed by atoms with Crippen molar-refractivity contribution in [1.82, 2.24) is 0 Å². The molecule has 80 valence electrons. The maximum absolute atomic E-state index is 5.25. The van der Waals surface area contributed by atoms with Crippen molar-refractivity contribution >= 4 is 22.9 Å². The van der Waals surface area contributed by atoms with Crippen molar-refractivity contribution in [1.29, 1.82) is 0 Å². The van der Waals surface area contributed by atoms with Crippen molar-refractivity contribution in [3.63, 3.8) is 0 Å². The summed E-state index contributed by atoms with van der Waals surface area (Å²) in [5.74, 6) is 0.923. The van der Waals surface area contributed by atoms with Crippen molar-refractivity contribution in [2.45, 2.75) is 12.8 Å². The van der Waals surface area contributed by atoms with Crippen LogP contribution < -0.4 is 15.2 Å². The van der Waals surface area contributed by atoms with Crippen LogP contribution >= 0.6 is 0 Å². The number of methoxy groups -OCH3 is 1. The van der Waals surface area contributed by atoms with Gasteiger partial charge in [0.25, 0.3) is 0 Å². The molecule has 0 saturated heterocycles. The Morgan fingerprint density at radius 2 is 1.56 bits per heavy atom. The smallest absolute Gasteiger partial charge is 0.119 e. The van der Waals surface area contributed by atoms with Gasteiger partial charge in [0.15, 0.2) is 0 Å². The molecular weight excluding hydrogens is 196 g/mol. The number of hydrogen-bond acceptors (Lipinski definition) is 1. The summed E-state index contributed by atoms with van der Waals surface area (Å²) >= 11 is 0. The van der Waals surface area contributed by atoms with Crippen molar-refractivity contribution < 1.29 is 4.74 Å². The Morgan fingerprint density at radius 1 is 0.875 bits per heavy atom. The summed E-state index contributed by atoms with van der Waals surface area (Å²) in [7, 11) is 1.71. The molecule has 1 nitrogen and oxygen atoms in total. The Bertz CT molecular complexity index is 653. The van der Waals surface area contributed by atoms with Gasteiger partial charge in [-0.3, -0.25) is 0 Å². The number of ether oxygens (including phenoxy) is 1. The van der Waals surface area contributed by atoms with Crippen LogP contribution in [0.25, 0.3) is 22.9 Å². The standard InChI is InChI=1S/C15H14O/c1-16-15-7-6-13-8-11-4-2-3-5-12(11)9-14(13)10-15/h4-10H,2-3H2,1H3. The lowest BCUT2D eigenvalue weighted by Gasteiger charge is -2.05. The minimum absolute atomic E-state index is 0.923. The molecule has 1 aliphatic rings. The monoisotopic (exact) mass is 210 g/mol. The SMILES string of the molecule is COc1ccc2cc3c(cc2c1)=CCCC=3. The molecule has 3 rings (SSSR count). The third-order valence-corrected chi connectivity index (χ3v) is 3.14. The first-order chi connectivity index (χ1) is 7.86. The van der Waals surface area contributed by atoms with Crippen LogP contribution in [0, 0.1) is 0 Å². The Balaban J connectivity index is 2.37. The van der Waals surface area contributed by atoms with Crippen molar-refractivity contribution in [3.05, 3.63) is 40.8 Å². The highest BCUT2D eigenvalue weighted by Gasteiger charge is 1.99. The third-order valence-electron chi connectivity index (χ3n) is 3.14. The van der Waals surface area contributed by atoms with Gasteiger partial charge in [-0.2, -0.15) is 0 Å². The van der Waals surface area contributed by atoms with E-state index in [0.717, 1.165) is 18.6 Å². The van der Waals surface area contributed by atoms with Gasteiger partial charge in [-0.15, -0.1) is 0 Å². The second-order valence-corrected chi connectivity index (χ2v) is 4.18. The zero-order valence-corrected chi connectivity index (χ0v) is 9.36. The molecule has 0 radical (unpaired) electrons. The fourth-order valence-corrected chi connectivity index (χ4v) is 2.27. The van der Waals surface area contributed by atoms with Crippen LogP contribution in [0.3, 0.4) is 0 Å². The molecule has 0 atom stereocenters. The van der Waals surface area contributed by atoms with Gasteiger partial charge in [0.2, 0.25) is 0 Å². The molecular formula is C15H14O. The van der Waals surface area contributed by atoms with Crippen LogP contribution in [0.4, 0.5) is 0 Å². The highest BCUT2D eigenvalue weighted by atomic mass is 16.5. The van der Waals surface area contributed by atoms with Crippen molar-refractivity contribution in [2.24, 2.45) is 0 Å². The molecule has 16 heavy (non-hydrogen) atoms. The summed E-state index contributed by atoms with van der Waals surface area (Å²) in [4.78, 5) is 0. The molecule has 0 spiro atoms. The Labute approximate surface area is 94.7 Å². The van der Waals surface area contributed by atoms with Crippen molar-refractivity contribution in [3.8, 4) is 5.75 Å². The van der Waals surface area contributed by atoms with Gasteiger partial charge >= 0.3 is 0 Å². The van der Waals surface area contributed by atoms with E-state index in [1.165, 1.54) is 21.2 Å². The van der Waals surface area contributed by atoms with E-state index in [9.17, 15) is 0 Å². The Morgan fingerprint density at radius 3 is 2.25 bits per heavy atom. The lowest BCUT2D eigenvalue weighted by atomic mass is 10.0. The number of fused-ring (bicyclic) bond motifs is 2. The van der Waals surface area contributed by atoms with Crippen LogP contribution in [0.2, 0.25) is 0 Å². The first-order valence-corrected chi connectivity index (χ1v) is 5.65. The highest BCUT2D eigenvalue weighted by molar-refractivity contribution is 5.84. The summed E-state index contributed by atoms with van der Waals surface area (Å²) in [6.07, 6.45) is 6.95. The van der Waals surface area contributed by atoms with E-state index in [0.29, 0.717) is 0 Å². The Hall–Kier alpha value is -1.76. The third kappa shape index (κ3) is 1.49. The van der Waals surface area contributed by atoms with Crippen LogP contribution in [-0.2, 0) is 0 Å². The average molecular weight is 210 g/mol. The topological polar surface area (TPSA) is 9.23 Å². The molecule has 1 aliphatic carbocycles. The van der Waals surface area contributed by atoms with Gasteiger partial charge in [0, 0.05) is 0 Å². The molecule has 0 heterocycles. The molecule has 2 aromatic rings. The van der Waals surface area contributed by atoms with Crippen LogP contribution in [0.5, 0.6) is 5.75 Å². The van der Waals surface area contributed by atoms with Crippen LogP contribution in [-0.4, -0.2) is 7.11 Å². The van der Waals surface area contributed by atoms with Gasteiger partial charge in [-0.25, -0.2) is 0 Å². The molecule has 0 fully saturated rings. The maximum atomic E-state index is 5.25. The molecule has 0 bridgehead atoms. The maximum Gasteiger partial charge on any atom is 0.119 e.